The molecule has 0 spiro atoms. The summed E-state index contributed by atoms with van der Waals surface area (Å²) in [7, 11) is 0. The number of carbonyl (C=O) groups is 1. The van der Waals surface area contributed by atoms with E-state index in [0.29, 0.717) is 4.47 Å². The summed E-state index contributed by atoms with van der Waals surface area (Å²) >= 11 is 3.10. The highest BCUT2D eigenvalue weighted by Crippen LogP contribution is 2.20. The van der Waals surface area contributed by atoms with Crippen molar-refractivity contribution >= 4 is 33.0 Å². The smallest absolute Gasteiger partial charge is 0.449 e. The summed E-state index contributed by atoms with van der Waals surface area (Å²) in [6.45, 7) is 0. The lowest BCUT2D eigenvalue weighted by atomic mass is 10.2. The molecule has 0 aliphatic carbocycles. The Balaban J connectivity index is 2.14. The molecule has 112 valence electrons. The van der Waals surface area contributed by atoms with Crippen molar-refractivity contribution in [2.75, 3.05) is 0 Å². The fourth-order valence-corrected chi connectivity index (χ4v) is 2.27. The highest BCUT2D eigenvalue weighted by molar-refractivity contribution is 9.10. The molecule has 0 radical (unpaired) electrons. The van der Waals surface area contributed by atoms with E-state index in [0.717, 1.165) is 10.9 Å². The molecule has 8 nitrogen and oxygen atoms in total. The predicted octanol–water partition coefficient (Wildman–Crippen LogP) is 2.07. The van der Waals surface area contributed by atoms with Crippen molar-refractivity contribution in [3.63, 3.8) is 0 Å². The monoisotopic (exact) mass is 368 g/mol. The Morgan fingerprint density at radius 2 is 2.23 bits per heavy atom. The summed E-state index contributed by atoms with van der Waals surface area (Å²) in [4.78, 5) is 28.9. The highest BCUT2D eigenvalue weighted by Gasteiger charge is 2.12. The molecule has 3 rings (SSSR count). The van der Waals surface area contributed by atoms with Gasteiger partial charge < -0.3 is 9.84 Å². The third-order valence-electron chi connectivity index (χ3n) is 2.70. The SMILES string of the molecule is O=C(O)Oc1cnn(-c2nc3c(F)cc(Br)cc3c(=O)[nH]2)c1. The van der Waals surface area contributed by atoms with Gasteiger partial charge in [-0.2, -0.15) is 5.10 Å². The molecule has 0 aliphatic heterocycles. The van der Waals surface area contributed by atoms with Crippen LogP contribution in [0.4, 0.5) is 9.18 Å². The zero-order valence-corrected chi connectivity index (χ0v) is 12.2. The number of carboxylic acid groups (broad SMARTS) is 1. The van der Waals surface area contributed by atoms with Crippen LogP contribution in [-0.2, 0) is 0 Å². The fourth-order valence-electron chi connectivity index (χ4n) is 1.84. The minimum absolute atomic E-state index is 0.0634. The number of hydrogen-bond acceptors (Lipinski definition) is 5. The number of nitrogens with zero attached hydrogens (tertiary/aromatic N) is 3. The van der Waals surface area contributed by atoms with Gasteiger partial charge in [0, 0.05) is 4.47 Å². The van der Waals surface area contributed by atoms with Crippen LogP contribution < -0.4 is 10.3 Å². The molecular formula is C12H6BrFN4O4. The molecule has 2 heterocycles. The zero-order valence-electron chi connectivity index (χ0n) is 10.6. The second kappa shape index (κ2) is 5.22. The van der Waals surface area contributed by atoms with Crippen LogP contribution in [0.15, 0.2) is 33.8 Å². The number of H-pyrrole nitrogens is 1. The fraction of sp³-hybridized carbons (Fsp3) is 0. The maximum absolute atomic E-state index is 13.9. The van der Waals surface area contributed by atoms with Gasteiger partial charge in [0.05, 0.1) is 17.8 Å². The molecule has 0 amide bonds. The summed E-state index contributed by atoms with van der Waals surface area (Å²) < 4.78 is 19.8. The third kappa shape index (κ3) is 2.55. The Morgan fingerprint density at radius 3 is 2.95 bits per heavy atom. The quantitative estimate of drug-likeness (QED) is 0.670. The molecule has 0 atom stereocenters. The minimum atomic E-state index is -1.50. The molecule has 3 aromatic rings. The first kappa shape index (κ1) is 14.2. The predicted molar refractivity (Wildman–Crippen MR) is 75.8 cm³/mol. The van der Waals surface area contributed by atoms with E-state index in [1.54, 1.807) is 0 Å². The van der Waals surface area contributed by atoms with E-state index in [-0.39, 0.29) is 22.6 Å². The van der Waals surface area contributed by atoms with E-state index in [4.69, 9.17) is 5.11 Å². The van der Waals surface area contributed by atoms with Crippen molar-refractivity contribution in [3.8, 4) is 11.7 Å². The van der Waals surface area contributed by atoms with Crippen LogP contribution >= 0.6 is 15.9 Å². The molecule has 0 unspecified atom stereocenters. The number of halogens is 2. The first-order valence-corrected chi connectivity index (χ1v) is 6.58. The van der Waals surface area contributed by atoms with Crippen molar-refractivity contribution < 1.29 is 19.0 Å². The topological polar surface area (TPSA) is 110 Å². The molecule has 2 N–H and O–H groups in total. The maximum Gasteiger partial charge on any atom is 0.511 e. The van der Waals surface area contributed by atoms with Gasteiger partial charge in [0.15, 0.2) is 11.6 Å². The number of hydrogen-bond donors (Lipinski definition) is 2. The lowest BCUT2D eigenvalue weighted by Gasteiger charge is -2.04. The van der Waals surface area contributed by atoms with E-state index >= 15 is 0 Å². The molecule has 10 heteroatoms. The van der Waals surface area contributed by atoms with E-state index in [1.165, 1.54) is 18.3 Å². The summed E-state index contributed by atoms with van der Waals surface area (Å²) in [6.07, 6.45) is 0.807. The Kier molecular flexibility index (Phi) is 3.37. The van der Waals surface area contributed by atoms with Gasteiger partial charge in [0.1, 0.15) is 5.52 Å². The van der Waals surface area contributed by atoms with Crippen molar-refractivity contribution in [3.05, 3.63) is 45.2 Å². The average molecular weight is 369 g/mol. The highest BCUT2D eigenvalue weighted by atomic mass is 79.9. The molecule has 22 heavy (non-hydrogen) atoms. The Morgan fingerprint density at radius 1 is 1.45 bits per heavy atom. The van der Waals surface area contributed by atoms with Gasteiger partial charge in [-0.15, -0.1) is 0 Å². The van der Waals surface area contributed by atoms with Gasteiger partial charge in [-0.1, -0.05) is 15.9 Å². The Bertz CT molecular complexity index is 952. The first-order chi connectivity index (χ1) is 10.4. The number of benzene rings is 1. The molecule has 0 saturated carbocycles. The zero-order chi connectivity index (χ0) is 15.9. The van der Waals surface area contributed by atoms with E-state index < -0.39 is 17.5 Å². The number of aromatic amines is 1. The van der Waals surface area contributed by atoms with Crippen molar-refractivity contribution in [2.45, 2.75) is 0 Å². The van der Waals surface area contributed by atoms with Crippen molar-refractivity contribution in [1.82, 2.24) is 19.7 Å². The normalized spacial score (nSPS) is 10.8. The van der Waals surface area contributed by atoms with Gasteiger partial charge >= 0.3 is 6.16 Å². The summed E-state index contributed by atoms with van der Waals surface area (Å²) in [5.74, 6) is -0.809. The minimum Gasteiger partial charge on any atom is -0.449 e. The van der Waals surface area contributed by atoms with Gasteiger partial charge in [-0.3, -0.25) is 9.78 Å². The van der Waals surface area contributed by atoms with Gasteiger partial charge in [0.25, 0.3) is 5.56 Å². The van der Waals surface area contributed by atoms with Crippen LogP contribution in [0.5, 0.6) is 5.75 Å². The van der Waals surface area contributed by atoms with E-state index in [1.807, 2.05) is 0 Å². The van der Waals surface area contributed by atoms with Crippen molar-refractivity contribution in [2.24, 2.45) is 0 Å². The van der Waals surface area contributed by atoms with Crippen molar-refractivity contribution in [1.29, 1.82) is 0 Å². The maximum atomic E-state index is 13.9. The second-order valence-corrected chi connectivity index (χ2v) is 5.08. The number of aromatic nitrogens is 4. The average Bonchev–Trinajstić information content (AvgIpc) is 2.87. The lowest BCUT2D eigenvalue weighted by molar-refractivity contribution is 0.144. The number of rotatable bonds is 2. The molecule has 0 saturated heterocycles. The van der Waals surface area contributed by atoms with E-state index in [2.05, 4.69) is 35.7 Å². The van der Waals surface area contributed by atoms with Crippen LogP contribution in [0, 0.1) is 5.82 Å². The Hall–Kier alpha value is -2.75. The van der Waals surface area contributed by atoms with Gasteiger partial charge in [-0.05, 0) is 12.1 Å². The lowest BCUT2D eigenvalue weighted by Crippen LogP contribution is -2.14. The molecule has 1 aromatic carbocycles. The van der Waals surface area contributed by atoms with Crippen LogP contribution in [0.1, 0.15) is 0 Å². The summed E-state index contributed by atoms with van der Waals surface area (Å²) in [5.41, 5.74) is -0.686. The molecule has 0 fully saturated rings. The van der Waals surface area contributed by atoms with Gasteiger partial charge in [0.2, 0.25) is 5.95 Å². The molecule has 2 aromatic heterocycles. The number of nitrogens with one attached hydrogen (secondary N) is 1. The molecular weight excluding hydrogens is 363 g/mol. The van der Waals surface area contributed by atoms with E-state index in [9.17, 15) is 14.0 Å². The second-order valence-electron chi connectivity index (χ2n) is 4.16. The molecule has 0 bridgehead atoms. The standard InChI is InChI=1S/C12H6BrFN4O4/c13-5-1-7-9(8(14)2-5)16-11(17-10(7)19)18-4-6(3-15-18)22-12(20)21/h1-4H,(H,20,21)(H,16,17,19). The van der Waals surface area contributed by atoms with Crippen LogP contribution in [0.25, 0.3) is 16.9 Å². The number of ether oxygens (including phenoxy) is 1. The van der Waals surface area contributed by atoms with Crippen LogP contribution in [0.3, 0.4) is 0 Å². The molecule has 0 aliphatic rings. The largest absolute Gasteiger partial charge is 0.511 e. The van der Waals surface area contributed by atoms with Crippen LogP contribution in [0.2, 0.25) is 0 Å². The number of fused-ring (bicyclic) bond motifs is 1. The third-order valence-corrected chi connectivity index (χ3v) is 3.15. The van der Waals surface area contributed by atoms with Crippen LogP contribution in [-0.4, -0.2) is 31.0 Å². The summed E-state index contributed by atoms with van der Waals surface area (Å²) in [6, 6.07) is 2.62. The van der Waals surface area contributed by atoms with Gasteiger partial charge in [-0.25, -0.2) is 18.9 Å². The first-order valence-electron chi connectivity index (χ1n) is 5.79. The Labute approximate surface area is 129 Å². The summed E-state index contributed by atoms with van der Waals surface area (Å²) in [5, 5.41) is 12.4.